The Morgan fingerprint density at radius 1 is 1.33 bits per heavy atom. The van der Waals surface area contributed by atoms with Crippen LogP contribution in [-0.4, -0.2) is 12.0 Å². The molecule has 0 aliphatic heterocycles. The number of nitrogens with one attached hydrogen (secondary N) is 1. The van der Waals surface area contributed by atoms with Gasteiger partial charge in [0.15, 0.2) is 0 Å². The van der Waals surface area contributed by atoms with Crippen molar-refractivity contribution in [3.05, 3.63) is 40.7 Å². The molecule has 0 unspecified atom stereocenters. The summed E-state index contributed by atoms with van der Waals surface area (Å²) in [6.45, 7) is 0.866. The third-order valence-electron chi connectivity index (χ3n) is 3.12. The average Bonchev–Trinajstić information content (AvgIpc) is 3.13. The van der Waals surface area contributed by atoms with Crippen LogP contribution < -0.4 is 5.32 Å². The van der Waals surface area contributed by atoms with Crippen LogP contribution in [0.5, 0.6) is 0 Å². The Hall–Kier alpha value is -1.26. The van der Waals surface area contributed by atoms with Gasteiger partial charge < -0.3 is 5.32 Å². The van der Waals surface area contributed by atoms with Crippen LogP contribution >= 0.6 is 11.3 Å². The van der Waals surface area contributed by atoms with Gasteiger partial charge in [-0.25, -0.2) is 9.37 Å². The van der Waals surface area contributed by atoms with Crippen LogP contribution in [0.3, 0.4) is 0 Å². The molecule has 2 nitrogen and oxygen atoms in total. The number of hydrogen-bond acceptors (Lipinski definition) is 3. The highest BCUT2D eigenvalue weighted by atomic mass is 32.1. The van der Waals surface area contributed by atoms with E-state index in [1.165, 1.54) is 35.5 Å². The predicted octanol–water partition coefficient (Wildman–Crippen LogP) is 3.55. The predicted molar refractivity (Wildman–Crippen MR) is 72.2 cm³/mol. The highest BCUT2D eigenvalue weighted by Gasteiger charge is 2.29. The summed E-state index contributed by atoms with van der Waals surface area (Å²) in [6.07, 6.45) is 2.51. The summed E-state index contributed by atoms with van der Waals surface area (Å²) in [7, 11) is 1.95. The number of thiazole rings is 1. The lowest BCUT2D eigenvalue weighted by Crippen LogP contribution is -2.05. The molecule has 1 heterocycles. The summed E-state index contributed by atoms with van der Waals surface area (Å²) >= 11 is 1.72. The average molecular weight is 262 g/mol. The SMILES string of the molecule is CNCc1sc(-c2ccc(F)cc2)nc1C1CC1. The van der Waals surface area contributed by atoms with Crippen molar-refractivity contribution in [1.29, 1.82) is 0 Å². The van der Waals surface area contributed by atoms with Gasteiger partial charge >= 0.3 is 0 Å². The van der Waals surface area contributed by atoms with Gasteiger partial charge in [0.1, 0.15) is 10.8 Å². The van der Waals surface area contributed by atoms with Gasteiger partial charge in [-0.05, 0) is 44.2 Å². The Morgan fingerprint density at radius 3 is 2.67 bits per heavy atom. The van der Waals surface area contributed by atoms with E-state index in [2.05, 4.69) is 5.32 Å². The van der Waals surface area contributed by atoms with E-state index in [1.54, 1.807) is 23.5 Å². The molecule has 1 aliphatic carbocycles. The van der Waals surface area contributed by atoms with Crippen LogP contribution in [0, 0.1) is 5.82 Å². The first kappa shape index (κ1) is 11.8. The molecule has 0 saturated heterocycles. The van der Waals surface area contributed by atoms with E-state index in [1.807, 2.05) is 7.05 Å². The lowest BCUT2D eigenvalue weighted by molar-refractivity contribution is 0.628. The zero-order valence-corrected chi connectivity index (χ0v) is 11.1. The van der Waals surface area contributed by atoms with Crippen LogP contribution in [0.25, 0.3) is 10.6 Å². The Labute approximate surface area is 110 Å². The van der Waals surface area contributed by atoms with Gasteiger partial charge in [0.25, 0.3) is 0 Å². The Balaban J connectivity index is 1.96. The molecule has 18 heavy (non-hydrogen) atoms. The van der Waals surface area contributed by atoms with Gasteiger partial charge in [0, 0.05) is 22.9 Å². The molecule has 1 saturated carbocycles. The van der Waals surface area contributed by atoms with Crippen molar-refractivity contribution in [2.24, 2.45) is 0 Å². The summed E-state index contributed by atoms with van der Waals surface area (Å²) in [5.41, 5.74) is 2.25. The third-order valence-corrected chi connectivity index (χ3v) is 4.24. The molecular formula is C14H15FN2S. The monoisotopic (exact) mass is 262 g/mol. The number of benzene rings is 1. The fourth-order valence-electron chi connectivity index (χ4n) is 2.04. The molecule has 2 aromatic rings. The van der Waals surface area contributed by atoms with Crippen LogP contribution in [0.4, 0.5) is 4.39 Å². The van der Waals surface area contributed by atoms with Gasteiger partial charge in [0.05, 0.1) is 5.69 Å². The van der Waals surface area contributed by atoms with E-state index in [4.69, 9.17) is 4.98 Å². The van der Waals surface area contributed by atoms with Crippen LogP contribution in [0.15, 0.2) is 24.3 Å². The summed E-state index contributed by atoms with van der Waals surface area (Å²) in [5, 5.41) is 4.19. The van der Waals surface area contributed by atoms with Crippen LogP contribution in [0.1, 0.15) is 29.3 Å². The van der Waals surface area contributed by atoms with E-state index in [0.717, 1.165) is 17.1 Å². The molecule has 0 amide bonds. The number of rotatable bonds is 4. The van der Waals surface area contributed by atoms with Crippen molar-refractivity contribution in [1.82, 2.24) is 10.3 Å². The first-order valence-corrected chi connectivity index (χ1v) is 6.99. The van der Waals surface area contributed by atoms with Gasteiger partial charge in [-0.1, -0.05) is 0 Å². The number of halogens is 1. The van der Waals surface area contributed by atoms with E-state index in [0.29, 0.717) is 5.92 Å². The molecule has 0 radical (unpaired) electrons. The van der Waals surface area contributed by atoms with Crippen molar-refractivity contribution < 1.29 is 4.39 Å². The minimum Gasteiger partial charge on any atom is -0.315 e. The molecular weight excluding hydrogens is 247 g/mol. The highest BCUT2D eigenvalue weighted by molar-refractivity contribution is 7.15. The Bertz CT molecular complexity index is 543. The highest BCUT2D eigenvalue weighted by Crippen LogP contribution is 2.44. The van der Waals surface area contributed by atoms with Gasteiger partial charge in [-0.15, -0.1) is 11.3 Å². The maximum atomic E-state index is 12.9. The number of aromatic nitrogens is 1. The molecule has 0 atom stereocenters. The number of hydrogen-bond donors (Lipinski definition) is 1. The number of nitrogens with zero attached hydrogens (tertiary/aromatic N) is 1. The van der Waals surface area contributed by atoms with E-state index in [9.17, 15) is 4.39 Å². The Morgan fingerprint density at radius 2 is 2.06 bits per heavy atom. The maximum absolute atomic E-state index is 12.9. The van der Waals surface area contributed by atoms with Gasteiger partial charge in [-0.2, -0.15) is 0 Å². The largest absolute Gasteiger partial charge is 0.315 e. The molecule has 1 aliphatic rings. The minimum absolute atomic E-state index is 0.201. The molecule has 0 bridgehead atoms. The summed E-state index contributed by atoms with van der Waals surface area (Å²) in [5.74, 6) is 0.451. The maximum Gasteiger partial charge on any atom is 0.123 e. The summed E-state index contributed by atoms with van der Waals surface area (Å²) in [6, 6.07) is 6.58. The normalized spacial score (nSPS) is 15.0. The molecule has 1 aromatic heterocycles. The van der Waals surface area contributed by atoms with Gasteiger partial charge in [-0.3, -0.25) is 0 Å². The topological polar surface area (TPSA) is 24.9 Å². The second-order valence-corrected chi connectivity index (χ2v) is 5.72. The standard InChI is InChI=1S/C14H15FN2S/c1-16-8-12-13(9-2-3-9)17-14(18-12)10-4-6-11(15)7-5-10/h4-7,9,16H,2-3,8H2,1H3. The molecule has 1 fully saturated rings. The van der Waals surface area contributed by atoms with Crippen LogP contribution in [0.2, 0.25) is 0 Å². The van der Waals surface area contributed by atoms with Crippen molar-refractivity contribution >= 4 is 11.3 Å². The zero-order valence-electron chi connectivity index (χ0n) is 10.2. The van der Waals surface area contributed by atoms with Crippen molar-refractivity contribution in [2.75, 3.05) is 7.05 Å². The first-order chi connectivity index (χ1) is 8.78. The third kappa shape index (κ3) is 2.31. The lowest BCUT2D eigenvalue weighted by Gasteiger charge is -1.97. The minimum atomic E-state index is -0.201. The summed E-state index contributed by atoms with van der Waals surface area (Å²) in [4.78, 5) is 6.07. The Kier molecular flexibility index (Phi) is 3.14. The summed E-state index contributed by atoms with van der Waals surface area (Å²) < 4.78 is 12.9. The van der Waals surface area contributed by atoms with E-state index in [-0.39, 0.29) is 5.82 Å². The molecule has 94 valence electrons. The molecule has 1 N–H and O–H groups in total. The molecule has 1 aromatic carbocycles. The quantitative estimate of drug-likeness (QED) is 0.911. The second kappa shape index (κ2) is 4.78. The molecule has 0 spiro atoms. The fraction of sp³-hybridized carbons (Fsp3) is 0.357. The smallest absolute Gasteiger partial charge is 0.123 e. The van der Waals surface area contributed by atoms with Crippen molar-refractivity contribution in [3.8, 4) is 10.6 Å². The van der Waals surface area contributed by atoms with Crippen molar-refractivity contribution in [3.63, 3.8) is 0 Å². The zero-order chi connectivity index (χ0) is 12.5. The van der Waals surface area contributed by atoms with Gasteiger partial charge in [0.2, 0.25) is 0 Å². The second-order valence-electron chi connectivity index (χ2n) is 4.64. The van der Waals surface area contributed by atoms with Crippen LogP contribution in [-0.2, 0) is 6.54 Å². The van der Waals surface area contributed by atoms with Crippen molar-refractivity contribution in [2.45, 2.75) is 25.3 Å². The van der Waals surface area contributed by atoms with E-state index < -0.39 is 0 Å². The molecule has 3 rings (SSSR count). The molecule has 4 heteroatoms. The fourth-order valence-corrected chi connectivity index (χ4v) is 3.21. The lowest BCUT2D eigenvalue weighted by atomic mass is 10.2. The van der Waals surface area contributed by atoms with E-state index >= 15 is 0 Å². The first-order valence-electron chi connectivity index (χ1n) is 6.18.